The van der Waals surface area contributed by atoms with Gasteiger partial charge in [0, 0.05) is 18.0 Å². The molecule has 7 nitrogen and oxygen atoms in total. The molecule has 2 aromatic heterocycles. The summed E-state index contributed by atoms with van der Waals surface area (Å²) in [6.07, 6.45) is 6.55. The van der Waals surface area contributed by atoms with Crippen LogP contribution in [0.4, 0.5) is 5.82 Å². The summed E-state index contributed by atoms with van der Waals surface area (Å²) < 4.78 is 5.78. The molecule has 0 saturated carbocycles. The minimum absolute atomic E-state index is 0.0438. The van der Waals surface area contributed by atoms with Gasteiger partial charge in [-0.2, -0.15) is 0 Å². The molecule has 0 radical (unpaired) electrons. The van der Waals surface area contributed by atoms with E-state index in [-0.39, 0.29) is 23.4 Å². The monoisotopic (exact) mass is 403 g/mol. The molecule has 0 aliphatic rings. The maximum atomic E-state index is 12.7. The Morgan fingerprint density at radius 3 is 2.50 bits per heavy atom. The minimum Gasteiger partial charge on any atom is -0.491 e. The Hall–Kier alpha value is -4.00. The summed E-state index contributed by atoms with van der Waals surface area (Å²) in [5.74, 6) is -0.645. The lowest BCUT2D eigenvalue weighted by Gasteiger charge is -2.12. The first-order valence-electron chi connectivity index (χ1n) is 9.32. The number of aromatic carboxylic acids is 1. The smallest absolute Gasteiger partial charge is 0.337 e. The van der Waals surface area contributed by atoms with Gasteiger partial charge in [-0.15, -0.1) is 0 Å². The van der Waals surface area contributed by atoms with Crippen molar-refractivity contribution in [3.05, 3.63) is 83.3 Å². The number of aromatic nitrogens is 2. The molecule has 0 aliphatic heterocycles. The summed E-state index contributed by atoms with van der Waals surface area (Å²) in [5.41, 5.74) is 2.00. The molecule has 0 spiro atoms. The molecule has 2 heterocycles. The molecule has 0 bridgehead atoms. The second-order valence-electron chi connectivity index (χ2n) is 6.74. The number of carboxylic acids is 1. The van der Waals surface area contributed by atoms with Crippen LogP contribution in [0.25, 0.3) is 12.2 Å². The summed E-state index contributed by atoms with van der Waals surface area (Å²) >= 11 is 0. The molecule has 2 N–H and O–H groups in total. The van der Waals surface area contributed by atoms with E-state index < -0.39 is 5.97 Å². The summed E-state index contributed by atoms with van der Waals surface area (Å²) in [4.78, 5) is 31.9. The van der Waals surface area contributed by atoms with Crippen molar-refractivity contribution < 1.29 is 19.4 Å². The van der Waals surface area contributed by atoms with Gasteiger partial charge in [0.15, 0.2) is 0 Å². The third-order valence-electron chi connectivity index (χ3n) is 3.95. The van der Waals surface area contributed by atoms with E-state index in [2.05, 4.69) is 15.3 Å². The van der Waals surface area contributed by atoms with Crippen molar-refractivity contribution in [3.63, 3.8) is 0 Å². The first kappa shape index (κ1) is 20.7. The average Bonchev–Trinajstić information content (AvgIpc) is 2.73. The highest BCUT2D eigenvalue weighted by Gasteiger charge is 2.12. The van der Waals surface area contributed by atoms with Gasteiger partial charge < -0.3 is 15.2 Å². The summed E-state index contributed by atoms with van der Waals surface area (Å²) in [6, 6.07) is 13.7. The molecule has 0 atom stereocenters. The molecule has 0 saturated heterocycles. The van der Waals surface area contributed by atoms with Crippen molar-refractivity contribution >= 4 is 29.8 Å². The van der Waals surface area contributed by atoms with Crippen LogP contribution in [-0.4, -0.2) is 33.1 Å². The van der Waals surface area contributed by atoms with Crippen LogP contribution in [0.2, 0.25) is 0 Å². The molecule has 30 heavy (non-hydrogen) atoms. The number of carbonyl (C=O) groups is 2. The number of rotatable bonds is 7. The van der Waals surface area contributed by atoms with E-state index in [0.717, 1.165) is 11.3 Å². The molecule has 1 aromatic carbocycles. The van der Waals surface area contributed by atoms with Gasteiger partial charge in [0.1, 0.15) is 11.6 Å². The summed E-state index contributed by atoms with van der Waals surface area (Å²) in [7, 11) is 0. The number of hydrogen-bond acceptors (Lipinski definition) is 5. The molecule has 3 aromatic rings. The Bertz CT molecular complexity index is 1060. The fourth-order valence-electron chi connectivity index (χ4n) is 2.63. The molecule has 152 valence electrons. The molecular weight excluding hydrogens is 382 g/mol. The zero-order valence-electron chi connectivity index (χ0n) is 16.6. The molecular formula is C23H21N3O4. The van der Waals surface area contributed by atoms with Crippen LogP contribution in [-0.2, 0) is 0 Å². The highest BCUT2D eigenvalue weighted by atomic mass is 16.5. The van der Waals surface area contributed by atoms with Gasteiger partial charge in [-0.1, -0.05) is 12.1 Å². The fourth-order valence-corrected chi connectivity index (χ4v) is 2.63. The van der Waals surface area contributed by atoms with E-state index in [1.54, 1.807) is 18.3 Å². The summed E-state index contributed by atoms with van der Waals surface area (Å²) in [6.45, 7) is 3.81. The lowest BCUT2D eigenvalue weighted by atomic mass is 10.1. The highest BCUT2D eigenvalue weighted by Crippen LogP contribution is 2.21. The predicted molar refractivity (Wildman–Crippen MR) is 115 cm³/mol. The molecule has 0 unspecified atom stereocenters. The third kappa shape index (κ3) is 5.75. The van der Waals surface area contributed by atoms with Gasteiger partial charge in [-0.3, -0.25) is 9.78 Å². The van der Waals surface area contributed by atoms with Crippen LogP contribution in [0.5, 0.6) is 5.75 Å². The van der Waals surface area contributed by atoms with Crippen molar-refractivity contribution in [2.24, 2.45) is 0 Å². The van der Waals surface area contributed by atoms with Gasteiger partial charge in [0.2, 0.25) is 0 Å². The van der Waals surface area contributed by atoms with Crippen LogP contribution >= 0.6 is 0 Å². The molecule has 3 rings (SSSR count). The van der Waals surface area contributed by atoms with Gasteiger partial charge >= 0.3 is 5.97 Å². The Kier molecular flexibility index (Phi) is 6.54. The van der Waals surface area contributed by atoms with Gasteiger partial charge in [0.05, 0.1) is 17.4 Å². The van der Waals surface area contributed by atoms with Crippen LogP contribution in [0.15, 0.2) is 60.9 Å². The van der Waals surface area contributed by atoms with Crippen molar-refractivity contribution in [1.82, 2.24) is 9.97 Å². The molecule has 0 fully saturated rings. The van der Waals surface area contributed by atoms with E-state index >= 15 is 0 Å². The largest absolute Gasteiger partial charge is 0.491 e. The number of nitrogens with zero attached hydrogens (tertiary/aromatic N) is 2. The first-order chi connectivity index (χ1) is 14.4. The van der Waals surface area contributed by atoms with Crippen molar-refractivity contribution in [1.29, 1.82) is 0 Å². The Labute approximate surface area is 174 Å². The maximum absolute atomic E-state index is 12.7. The topological polar surface area (TPSA) is 101 Å². The van der Waals surface area contributed by atoms with E-state index in [4.69, 9.17) is 9.84 Å². The molecule has 7 heteroatoms. The average molecular weight is 403 g/mol. The fraction of sp³-hybridized carbons (Fsp3) is 0.130. The number of amides is 1. The van der Waals surface area contributed by atoms with Crippen molar-refractivity contribution in [2.45, 2.75) is 20.0 Å². The second kappa shape index (κ2) is 9.47. The summed E-state index contributed by atoms with van der Waals surface area (Å²) in [5, 5.41) is 11.6. The minimum atomic E-state index is -1.08. The Morgan fingerprint density at radius 1 is 1.03 bits per heavy atom. The Balaban J connectivity index is 1.85. The number of carboxylic acid groups (broad SMARTS) is 1. The lowest BCUT2D eigenvalue weighted by molar-refractivity contribution is 0.0696. The first-order valence-corrected chi connectivity index (χ1v) is 9.32. The van der Waals surface area contributed by atoms with Crippen LogP contribution in [0, 0.1) is 0 Å². The van der Waals surface area contributed by atoms with E-state index in [9.17, 15) is 9.59 Å². The SMILES string of the molecule is CC(C)Oc1cc(/C=C/c2ccccn2)cc(C(=O)Nc2ccc(C(=O)O)cn2)c1. The predicted octanol–water partition coefficient (Wildman–Crippen LogP) is 4.38. The van der Waals surface area contributed by atoms with Crippen LogP contribution < -0.4 is 10.1 Å². The van der Waals surface area contributed by atoms with Gasteiger partial charge in [-0.05, 0) is 68.0 Å². The number of ether oxygens (including phenoxy) is 1. The zero-order valence-corrected chi connectivity index (χ0v) is 16.6. The van der Waals surface area contributed by atoms with Crippen molar-refractivity contribution in [2.75, 3.05) is 5.32 Å². The van der Waals surface area contributed by atoms with Crippen LogP contribution in [0.3, 0.4) is 0 Å². The molecule has 0 aliphatic carbocycles. The second-order valence-corrected chi connectivity index (χ2v) is 6.74. The Morgan fingerprint density at radius 2 is 1.87 bits per heavy atom. The quantitative estimate of drug-likeness (QED) is 0.607. The number of anilines is 1. The lowest BCUT2D eigenvalue weighted by Crippen LogP contribution is -2.14. The standard InChI is InChI=1S/C23H21N3O4/c1-15(2)30-20-12-16(6-8-19-5-3-4-10-24-19)11-18(13-20)22(27)26-21-9-7-17(14-25-21)23(28)29/h3-15H,1-2H3,(H,28,29)(H,25,26,27)/b8-6+. The van der Waals surface area contributed by atoms with Crippen molar-refractivity contribution in [3.8, 4) is 5.75 Å². The number of nitrogens with one attached hydrogen (secondary N) is 1. The maximum Gasteiger partial charge on any atom is 0.337 e. The van der Waals surface area contributed by atoms with Gasteiger partial charge in [-0.25, -0.2) is 9.78 Å². The number of pyridine rings is 2. The van der Waals surface area contributed by atoms with E-state index in [0.29, 0.717) is 11.3 Å². The number of hydrogen-bond donors (Lipinski definition) is 2. The van der Waals surface area contributed by atoms with Gasteiger partial charge in [0.25, 0.3) is 5.91 Å². The van der Waals surface area contributed by atoms with E-state index in [1.165, 1.54) is 18.3 Å². The molecule has 1 amide bonds. The highest BCUT2D eigenvalue weighted by molar-refractivity contribution is 6.04. The zero-order chi connectivity index (χ0) is 21.5. The number of benzene rings is 1. The third-order valence-corrected chi connectivity index (χ3v) is 3.95. The number of carbonyl (C=O) groups excluding carboxylic acids is 1. The van der Waals surface area contributed by atoms with E-state index in [1.807, 2.05) is 50.3 Å². The van der Waals surface area contributed by atoms with Crippen LogP contribution in [0.1, 0.15) is 45.8 Å². The normalized spacial score (nSPS) is 10.9.